The van der Waals surface area contributed by atoms with Gasteiger partial charge in [0.15, 0.2) is 23.0 Å². The Kier molecular flexibility index (Phi) is 9.22. The van der Waals surface area contributed by atoms with E-state index in [1.807, 2.05) is 12.1 Å². The predicted molar refractivity (Wildman–Crippen MR) is 174 cm³/mol. The first-order valence-corrected chi connectivity index (χ1v) is 17.0. The fourth-order valence-corrected chi connectivity index (χ4v) is 9.11. The number of nitrogens with zero attached hydrogens (tertiary/aromatic N) is 2. The van der Waals surface area contributed by atoms with Crippen LogP contribution in [0.5, 0.6) is 23.0 Å². The molecule has 6 rings (SSSR count). The number of benzene rings is 3. The summed E-state index contributed by atoms with van der Waals surface area (Å²) in [4.78, 5) is 3.54. The van der Waals surface area contributed by atoms with E-state index in [0.29, 0.717) is 17.9 Å². The molecule has 0 N–H and O–H groups in total. The number of hydrogen-bond acceptors (Lipinski definition) is 6. The molecule has 3 aromatic carbocycles. The van der Waals surface area contributed by atoms with Crippen LogP contribution in [0.3, 0.4) is 0 Å². The highest BCUT2D eigenvalue weighted by molar-refractivity contribution is 7.82. The van der Waals surface area contributed by atoms with Gasteiger partial charge in [-0.25, -0.2) is 8.51 Å². The molecule has 0 amide bonds. The lowest BCUT2D eigenvalue weighted by Crippen LogP contribution is -2.47. The minimum atomic E-state index is -1.28. The van der Waals surface area contributed by atoms with Crippen molar-refractivity contribution in [2.45, 2.75) is 62.9 Å². The third kappa shape index (κ3) is 5.72. The molecule has 1 saturated heterocycles. The Morgan fingerprint density at radius 3 is 1.95 bits per heavy atom. The molecule has 3 aliphatic heterocycles. The Bertz CT molecular complexity index is 1510. The lowest BCUT2D eigenvalue weighted by Gasteiger charge is -2.49. The summed E-state index contributed by atoms with van der Waals surface area (Å²) in [6, 6.07) is 17.1. The molecule has 7 nitrogen and oxygen atoms in total. The van der Waals surface area contributed by atoms with Gasteiger partial charge in [0.2, 0.25) is 0 Å². The molecule has 8 heteroatoms. The average molecular weight is 619 g/mol. The minimum Gasteiger partial charge on any atom is -0.493 e. The van der Waals surface area contributed by atoms with Crippen molar-refractivity contribution in [2.75, 3.05) is 48.1 Å². The van der Waals surface area contributed by atoms with E-state index in [2.05, 4.69) is 59.5 Å². The van der Waals surface area contributed by atoms with E-state index >= 15 is 0 Å². The quantitative estimate of drug-likeness (QED) is 0.267. The SMILES string of the molecule is CCC1CN2CCc3cc(OC)c(OC)cc3C2CC1CC1c2cc(OC)c(OC)cc2CCN1S(=O)c1ccc(C)cc1. The number of aryl methyl sites for hydroxylation is 1. The maximum Gasteiger partial charge on any atom is 0.161 e. The largest absolute Gasteiger partial charge is 0.493 e. The lowest BCUT2D eigenvalue weighted by atomic mass is 9.72. The molecule has 5 unspecified atom stereocenters. The number of piperidine rings is 1. The van der Waals surface area contributed by atoms with Crippen molar-refractivity contribution in [1.29, 1.82) is 0 Å². The zero-order valence-electron chi connectivity index (χ0n) is 26.9. The third-order valence-electron chi connectivity index (χ3n) is 10.2. The molecule has 0 spiro atoms. The van der Waals surface area contributed by atoms with Crippen LogP contribution in [-0.2, 0) is 23.8 Å². The van der Waals surface area contributed by atoms with Crippen molar-refractivity contribution < 1.29 is 23.2 Å². The van der Waals surface area contributed by atoms with Crippen LogP contribution in [0.4, 0.5) is 0 Å². The lowest BCUT2D eigenvalue weighted by molar-refractivity contribution is 0.0389. The first-order valence-electron chi connectivity index (χ1n) is 15.9. The van der Waals surface area contributed by atoms with Gasteiger partial charge in [-0.3, -0.25) is 4.90 Å². The molecule has 3 heterocycles. The molecule has 0 aromatic heterocycles. The monoisotopic (exact) mass is 618 g/mol. The Morgan fingerprint density at radius 2 is 1.34 bits per heavy atom. The predicted octanol–water partition coefficient (Wildman–Crippen LogP) is 6.69. The van der Waals surface area contributed by atoms with Crippen molar-refractivity contribution in [3.63, 3.8) is 0 Å². The molecule has 1 fully saturated rings. The molecule has 0 saturated carbocycles. The molecule has 3 aromatic rings. The van der Waals surface area contributed by atoms with E-state index in [4.69, 9.17) is 18.9 Å². The van der Waals surface area contributed by atoms with E-state index in [0.717, 1.165) is 79.6 Å². The van der Waals surface area contributed by atoms with Crippen LogP contribution < -0.4 is 18.9 Å². The number of fused-ring (bicyclic) bond motifs is 4. The van der Waals surface area contributed by atoms with E-state index < -0.39 is 11.0 Å². The molecule has 236 valence electrons. The van der Waals surface area contributed by atoms with Gasteiger partial charge in [-0.05, 0) is 103 Å². The van der Waals surface area contributed by atoms with Gasteiger partial charge >= 0.3 is 0 Å². The molecule has 44 heavy (non-hydrogen) atoms. The second-order valence-electron chi connectivity index (χ2n) is 12.4. The fraction of sp³-hybridized carbons (Fsp3) is 0.500. The zero-order valence-corrected chi connectivity index (χ0v) is 27.7. The first kappa shape index (κ1) is 30.9. The highest BCUT2D eigenvalue weighted by Crippen LogP contribution is 2.49. The van der Waals surface area contributed by atoms with Gasteiger partial charge in [-0.1, -0.05) is 31.0 Å². The molecule has 0 aliphatic carbocycles. The topological polar surface area (TPSA) is 60.5 Å². The summed E-state index contributed by atoms with van der Waals surface area (Å²) < 4.78 is 39.4. The summed E-state index contributed by atoms with van der Waals surface area (Å²) in [5.74, 6) is 4.10. The summed E-state index contributed by atoms with van der Waals surface area (Å²) in [5.41, 5.74) is 6.36. The van der Waals surface area contributed by atoms with Crippen LogP contribution in [0.2, 0.25) is 0 Å². The summed E-state index contributed by atoms with van der Waals surface area (Å²) in [7, 11) is 5.53. The maximum atomic E-state index is 14.3. The van der Waals surface area contributed by atoms with Crippen molar-refractivity contribution in [2.24, 2.45) is 11.8 Å². The second kappa shape index (κ2) is 13.1. The Hall–Kier alpha value is -3.07. The van der Waals surface area contributed by atoms with Gasteiger partial charge in [0, 0.05) is 31.7 Å². The summed E-state index contributed by atoms with van der Waals surface area (Å²) in [6.07, 6.45) is 4.96. The van der Waals surface area contributed by atoms with Crippen LogP contribution >= 0.6 is 0 Å². The van der Waals surface area contributed by atoms with Crippen LogP contribution in [0.15, 0.2) is 53.4 Å². The van der Waals surface area contributed by atoms with Crippen LogP contribution in [0.1, 0.15) is 66.1 Å². The highest BCUT2D eigenvalue weighted by Gasteiger charge is 2.42. The van der Waals surface area contributed by atoms with E-state index in [1.54, 1.807) is 28.4 Å². The van der Waals surface area contributed by atoms with E-state index in [-0.39, 0.29) is 6.04 Å². The molecule has 5 atom stereocenters. The van der Waals surface area contributed by atoms with Crippen LogP contribution in [-0.4, -0.2) is 61.5 Å². The zero-order chi connectivity index (χ0) is 31.0. The number of ether oxygens (including phenoxy) is 4. The number of hydrogen-bond donors (Lipinski definition) is 0. The maximum absolute atomic E-state index is 14.3. The van der Waals surface area contributed by atoms with Crippen LogP contribution in [0, 0.1) is 18.8 Å². The standard InChI is InChI=1S/C36H46N2O5S/c1-7-24-22-37-14-12-25-18-33(40-3)35(42-5)20-29(25)31(37)16-27(24)17-32-30-21-36(43-6)34(41-4)19-26(30)13-15-38(32)44(39)28-10-8-23(2)9-11-28/h8-11,18-21,24,27,31-32H,7,12-17,22H2,1-6H3. The minimum absolute atomic E-state index is 0.000225. The van der Waals surface area contributed by atoms with E-state index in [1.165, 1.54) is 27.8 Å². The van der Waals surface area contributed by atoms with Crippen molar-refractivity contribution in [3.05, 3.63) is 76.3 Å². The van der Waals surface area contributed by atoms with Gasteiger partial charge in [-0.2, -0.15) is 0 Å². The fourth-order valence-electron chi connectivity index (χ4n) is 7.78. The molecule has 3 aliphatic rings. The molecule has 0 radical (unpaired) electrons. The number of methoxy groups -OCH3 is 4. The smallest absolute Gasteiger partial charge is 0.161 e. The van der Waals surface area contributed by atoms with Gasteiger partial charge in [0.1, 0.15) is 11.0 Å². The van der Waals surface area contributed by atoms with Crippen molar-refractivity contribution >= 4 is 11.0 Å². The van der Waals surface area contributed by atoms with Gasteiger partial charge in [0.25, 0.3) is 0 Å². The van der Waals surface area contributed by atoms with Gasteiger partial charge < -0.3 is 18.9 Å². The Morgan fingerprint density at radius 1 is 0.773 bits per heavy atom. The summed E-state index contributed by atoms with van der Waals surface area (Å²) >= 11 is 0. The Balaban J connectivity index is 1.38. The highest BCUT2D eigenvalue weighted by atomic mass is 32.2. The van der Waals surface area contributed by atoms with Crippen molar-refractivity contribution in [3.8, 4) is 23.0 Å². The molecular formula is C36H46N2O5S. The molecule has 0 bridgehead atoms. The van der Waals surface area contributed by atoms with Gasteiger partial charge in [0.05, 0.1) is 33.3 Å². The summed E-state index contributed by atoms with van der Waals surface area (Å²) in [6.45, 7) is 7.26. The Labute approximate surface area is 265 Å². The average Bonchev–Trinajstić information content (AvgIpc) is 3.06. The number of rotatable bonds is 9. The van der Waals surface area contributed by atoms with E-state index in [9.17, 15) is 4.21 Å². The summed E-state index contributed by atoms with van der Waals surface area (Å²) in [5, 5.41) is 0. The van der Waals surface area contributed by atoms with Crippen LogP contribution in [0.25, 0.3) is 0 Å². The second-order valence-corrected chi connectivity index (χ2v) is 13.9. The normalized spacial score (nSPS) is 24.0. The van der Waals surface area contributed by atoms with Gasteiger partial charge in [-0.15, -0.1) is 0 Å². The van der Waals surface area contributed by atoms with Crippen molar-refractivity contribution in [1.82, 2.24) is 9.21 Å². The molecular weight excluding hydrogens is 572 g/mol. The first-order chi connectivity index (χ1) is 21.4. The third-order valence-corrected chi connectivity index (χ3v) is 11.8.